The number of para-hydroxylation sites is 2. The van der Waals surface area contributed by atoms with Crippen molar-refractivity contribution in [1.82, 2.24) is 0 Å². The van der Waals surface area contributed by atoms with Crippen molar-refractivity contribution in [2.24, 2.45) is 0 Å². The molecule has 0 unspecified atom stereocenters. The minimum absolute atomic E-state index is 1.18. The van der Waals surface area contributed by atoms with Gasteiger partial charge in [-0.05, 0) is 177 Å². The van der Waals surface area contributed by atoms with E-state index in [-0.39, 0.29) is 0 Å². The molecule has 2 heterocycles. The summed E-state index contributed by atoms with van der Waals surface area (Å²) in [5.41, 5.74) is 18.1. The van der Waals surface area contributed by atoms with E-state index in [1.54, 1.807) is 10.4 Å². The van der Waals surface area contributed by atoms with Gasteiger partial charge in [0.1, 0.15) is 16.1 Å². The van der Waals surface area contributed by atoms with E-state index in [1.165, 1.54) is 99.8 Å². The molecule has 284 valence electrons. The average Bonchev–Trinajstić information content (AvgIpc) is 3.57. The zero-order valence-electron chi connectivity index (χ0n) is 34.9. The quantitative estimate of drug-likeness (QED) is 0.155. The van der Waals surface area contributed by atoms with Crippen LogP contribution in [-0.4, -0.2) is 16.1 Å². The summed E-state index contributed by atoms with van der Waals surface area (Å²) in [6.07, 6.45) is 0. The van der Waals surface area contributed by atoms with Crippen LogP contribution in [0.2, 0.25) is 26.2 Å². The summed E-state index contributed by atoms with van der Waals surface area (Å²) in [6.45, 7) is 19.3. The van der Waals surface area contributed by atoms with Gasteiger partial charge in [-0.15, -0.1) is 0 Å². The summed E-state index contributed by atoms with van der Waals surface area (Å²) in [5.74, 6) is 0. The number of aryl methyl sites for hydroxylation is 4. The summed E-state index contributed by atoms with van der Waals surface area (Å²) >= 11 is 0. The molecule has 0 amide bonds. The lowest BCUT2D eigenvalue weighted by atomic mass is 9.92. The van der Waals surface area contributed by atoms with E-state index >= 15 is 0 Å². The van der Waals surface area contributed by atoms with Crippen molar-refractivity contribution >= 4 is 81.8 Å². The summed E-state index contributed by atoms with van der Waals surface area (Å²) in [7, 11) is -4.48. The molecule has 0 fully saturated rings. The van der Waals surface area contributed by atoms with Gasteiger partial charge >= 0.3 is 0 Å². The molecule has 8 aromatic carbocycles. The average molecular weight is 783 g/mol. The molecule has 0 radical (unpaired) electrons. The van der Waals surface area contributed by atoms with Gasteiger partial charge in [0.2, 0.25) is 0 Å². The molecule has 0 saturated heterocycles. The first-order valence-corrected chi connectivity index (χ1v) is 26.7. The van der Waals surface area contributed by atoms with Gasteiger partial charge < -0.3 is 9.80 Å². The van der Waals surface area contributed by atoms with E-state index in [2.05, 4.69) is 221 Å². The van der Waals surface area contributed by atoms with Crippen molar-refractivity contribution in [3.05, 3.63) is 180 Å². The Bertz CT molecular complexity index is 2700. The molecule has 0 bridgehead atoms. The molecule has 10 rings (SSSR count). The van der Waals surface area contributed by atoms with Crippen LogP contribution in [-0.2, 0) is 0 Å². The molecule has 0 spiro atoms. The second-order valence-electron chi connectivity index (χ2n) is 17.8. The molecule has 2 aliphatic heterocycles. The van der Waals surface area contributed by atoms with Crippen LogP contribution in [0.3, 0.4) is 0 Å². The zero-order valence-corrected chi connectivity index (χ0v) is 36.9. The van der Waals surface area contributed by atoms with Gasteiger partial charge in [0.15, 0.2) is 0 Å². The topological polar surface area (TPSA) is 6.48 Å². The summed E-state index contributed by atoms with van der Waals surface area (Å²) in [6, 6.07) is 59.7. The van der Waals surface area contributed by atoms with Gasteiger partial charge in [-0.3, -0.25) is 0 Å². The van der Waals surface area contributed by atoms with Crippen molar-refractivity contribution in [3.63, 3.8) is 0 Å². The third-order valence-corrected chi connectivity index (χ3v) is 20.1. The Hall–Kier alpha value is -5.95. The first kappa shape index (κ1) is 36.4. The van der Waals surface area contributed by atoms with Crippen LogP contribution in [0.25, 0.3) is 33.0 Å². The Morgan fingerprint density at radius 2 is 0.672 bits per heavy atom. The molecule has 0 saturated carbocycles. The number of benzene rings is 8. The standard InChI is InChI=1S/C54H50N2Si2/c1-35-27-36(2)30-43(29-35)55(39-17-11-9-12-18-39)41-23-25-47-49(33-41)57(5,6)53-51(47)45-21-15-16-22-46(45)52-48-26-24-42(34-50(48)58(7,8)54(52)53)56(40-19-13-10-14-20-40)44-31-37(3)28-38(4)32-44/h9-34H,1-8H3. The molecule has 8 aromatic rings. The maximum Gasteiger partial charge on any atom is 0.113 e. The van der Waals surface area contributed by atoms with Gasteiger partial charge in [0, 0.05) is 34.1 Å². The molecular weight excluding hydrogens is 733 g/mol. The molecule has 0 N–H and O–H groups in total. The van der Waals surface area contributed by atoms with Gasteiger partial charge in [-0.2, -0.15) is 0 Å². The van der Waals surface area contributed by atoms with Gasteiger partial charge in [-0.1, -0.05) is 111 Å². The summed E-state index contributed by atoms with van der Waals surface area (Å²) < 4.78 is 0. The van der Waals surface area contributed by atoms with E-state index in [0.717, 1.165) is 0 Å². The number of rotatable bonds is 6. The van der Waals surface area contributed by atoms with Gasteiger partial charge in [-0.25, -0.2) is 0 Å². The van der Waals surface area contributed by atoms with E-state index in [0.29, 0.717) is 0 Å². The molecule has 2 nitrogen and oxygen atoms in total. The highest BCUT2D eigenvalue weighted by Gasteiger charge is 2.49. The second kappa shape index (κ2) is 13.3. The SMILES string of the molecule is Cc1cc(C)cc(N(c2ccccc2)c2ccc3c(c2)[Si](C)(C)c2c4c(c5ccccc5c2-3)-c2ccc(N(c3ccccc3)c3cc(C)cc(C)c3)cc2[Si]4(C)C)c1. The smallest absolute Gasteiger partial charge is 0.113 e. The highest BCUT2D eigenvalue weighted by atomic mass is 28.3. The van der Waals surface area contributed by atoms with Crippen LogP contribution in [0, 0.1) is 27.7 Å². The third-order valence-electron chi connectivity index (χ3n) is 12.8. The van der Waals surface area contributed by atoms with Crippen molar-refractivity contribution in [3.8, 4) is 22.3 Å². The normalized spacial score (nSPS) is 14.1. The van der Waals surface area contributed by atoms with E-state index in [9.17, 15) is 0 Å². The molecule has 0 aromatic heterocycles. The minimum Gasteiger partial charge on any atom is -0.310 e. The van der Waals surface area contributed by atoms with Crippen molar-refractivity contribution in [2.75, 3.05) is 9.80 Å². The van der Waals surface area contributed by atoms with Crippen LogP contribution >= 0.6 is 0 Å². The van der Waals surface area contributed by atoms with E-state index in [4.69, 9.17) is 0 Å². The van der Waals surface area contributed by atoms with Crippen LogP contribution in [0.4, 0.5) is 34.1 Å². The molecule has 2 aliphatic rings. The number of nitrogens with zero attached hydrogens (tertiary/aromatic N) is 2. The molecular formula is C54H50N2Si2. The lowest BCUT2D eigenvalue weighted by Gasteiger charge is -2.31. The Morgan fingerprint density at radius 1 is 0.328 bits per heavy atom. The van der Waals surface area contributed by atoms with Crippen molar-refractivity contribution in [1.29, 1.82) is 0 Å². The Morgan fingerprint density at radius 3 is 1.03 bits per heavy atom. The number of hydrogen-bond donors (Lipinski definition) is 0. The summed E-state index contributed by atoms with van der Waals surface area (Å²) in [5, 5.41) is 9.18. The fraction of sp³-hybridized carbons (Fsp3) is 0.148. The monoisotopic (exact) mass is 782 g/mol. The minimum atomic E-state index is -2.24. The zero-order chi connectivity index (χ0) is 40.1. The molecule has 4 heteroatoms. The second-order valence-corrected chi connectivity index (χ2v) is 26.4. The maximum atomic E-state index is 2.62. The van der Waals surface area contributed by atoms with Crippen LogP contribution in [0.1, 0.15) is 22.3 Å². The largest absolute Gasteiger partial charge is 0.310 e. The van der Waals surface area contributed by atoms with Crippen LogP contribution in [0.15, 0.2) is 158 Å². The first-order valence-electron chi connectivity index (χ1n) is 20.7. The van der Waals surface area contributed by atoms with Gasteiger partial charge in [0.05, 0.1) is 0 Å². The predicted molar refractivity (Wildman–Crippen MR) is 257 cm³/mol. The lowest BCUT2D eigenvalue weighted by molar-refractivity contribution is 1.26. The summed E-state index contributed by atoms with van der Waals surface area (Å²) in [4.78, 5) is 4.92. The Labute approximate surface area is 346 Å². The highest BCUT2D eigenvalue weighted by Crippen LogP contribution is 2.45. The van der Waals surface area contributed by atoms with E-state index < -0.39 is 16.1 Å². The lowest BCUT2D eigenvalue weighted by Crippen LogP contribution is -2.63. The Balaban J connectivity index is 1.18. The van der Waals surface area contributed by atoms with Crippen molar-refractivity contribution in [2.45, 2.75) is 53.9 Å². The first-order chi connectivity index (χ1) is 27.9. The highest BCUT2D eigenvalue weighted by molar-refractivity contribution is 7.13. The fourth-order valence-electron chi connectivity index (χ4n) is 10.5. The Kier molecular flexibility index (Phi) is 8.35. The fourth-order valence-corrected chi connectivity index (χ4v) is 19.0. The third kappa shape index (κ3) is 5.57. The van der Waals surface area contributed by atoms with E-state index in [1.807, 2.05) is 0 Å². The van der Waals surface area contributed by atoms with Crippen molar-refractivity contribution < 1.29 is 0 Å². The molecule has 0 atom stereocenters. The van der Waals surface area contributed by atoms with Crippen LogP contribution < -0.4 is 30.5 Å². The molecule has 58 heavy (non-hydrogen) atoms. The van der Waals surface area contributed by atoms with Crippen LogP contribution in [0.5, 0.6) is 0 Å². The van der Waals surface area contributed by atoms with Gasteiger partial charge in [0.25, 0.3) is 0 Å². The number of fused-ring (bicyclic) bond motifs is 10. The molecule has 0 aliphatic carbocycles. The number of anilines is 6. The number of hydrogen-bond acceptors (Lipinski definition) is 2. The maximum absolute atomic E-state index is 2.62. The predicted octanol–water partition coefficient (Wildman–Crippen LogP) is 12.6.